The van der Waals surface area contributed by atoms with Crippen LogP contribution in [0.15, 0.2) is 66.6 Å². The number of nitrogens with zero attached hydrogens (tertiary/aromatic N) is 4. The number of anilines is 1. The van der Waals surface area contributed by atoms with Crippen LogP contribution in [0.1, 0.15) is 19.8 Å². The van der Waals surface area contributed by atoms with Crippen LogP contribution >= 0.6 is 11.3 Å². The number of hydrogen-bond donors (Lipinski definition) is 3. The molecule has 0 aliphatic carbocycles. The van der Waals surface area contributed by atoms with Crippen LogP contribution in [0.2, 0.25) is 0 Å². The Morgan fingerprint density at radius 1 is 1.06 bits per heavy atom. The van der Waals surface area contributed by atoms with Gasteiger partial charge in [-0.05, 0) is 42.1 Å². The highest BCUT2D eigenvalue weighted by atomic mass is 32.1. The summed E-state index contributed by atoms with van der Waals surface area (Å²) in [5.74, 6) is -0.0257. The van der Waals surface area contributed by atoms with Crippen molar-refractivity contribution in [1.29, 1.82) is 0 Å². The second-order valence-corrected chi connectivity index (χ2v) is 9.18. The number of hydrogen-bond acceptors (Lipinski definition) is 6. The maximum atomic E-state index is 12.0. The molecule has 0 atom stereocenters. The standard InChI is InChI=1S/C26H21N7OS/c1-2-4-24(34)29-16-9-15(11-27-12-16)19-6-7-20-25(31-19)26(33-32-20)21-10-17-18(23-5-3-8-35-23)13-28-14-22(17)30-21/h3,5-14,30H,2,4H2,1H3,(H,29,34)(H,32,33). The second-order valence-electron chi connectivity index (χ2n) is 8.23. The first-order valence-corrected chi connectivity index (χ1v) is 12.2. The summed E-state index contributed by atoms with van der Waals surface area (Å²) in [4.78, 5) is 30.2. The molecule has 9 heteroatoms. The Morgan fingerprint density at radius 2 is 1.97 bits per heavy atom. The number of aromatic amines is 2. The Hall–Kier alpha value is -4.37. The minimum absolute atomic E-state index is 0.0257. The summed E-state index contributed by atoms with van der Waals surface area (Å²) in [6, 6.07) is 12.0. The van der Waals surface area contributed by atoms with Crippen molar-refractivity contribution in [2.45, 2.75) is 19.8 Å². The van der Waals surface area contributed by atoms with Gasteiger partial charge in [0.15, 0.2) is 0 Å². The third-order valence-corrected chi connectivity index (χ3v) is 6.69. The molecule has 1 amide bonds. The average Bonchev–Trinajstić information content (AvgIpc) is 3.63. The van der Waals surface area contributed by atoms with Crippen molar-refractivity contribution in [3.63, 3.8) is 0 Å². The molecule has 6 aromatic heterocycles. The zero-order chi connectivity index (χ0) is 23.8. The second kappa shape index (κ2) is 8.77. The summed E-state index contributed by atoms with van der Waals surface area (Å²) < 4.78 is 0. The van der Waals surface area contributed by atoms with E-state index in [1.54, 1.807) is 23.7 Å². The van der Waals surface area contributed by atoms with Crippen LogP contribution in [0, 0.1) is 0 Å². The van der Waals surface area contributed by atoms with Gasteiger partial charge in [0.1, 0.15) is 11.2 Å². The summed E-state index contributed by atoms with van der Waals surface area (Å²) >= 11 is 1.69. The van der Waals surface area contributed by atoms with Gasteiger partial charge in [0.25, 0.3) is 0 Å². The number of fused-ring (bicyclic) bond motifs is 2. The Balaban J connectivity index is 1.40. The molecular weight excluding hydrogens is 458 g/mol. The minimum atomic E-state index is -0.0257. The summed E-state index contributed by atoms with van der Waals surface area (Å²) in [7, 11) is 0. The summed E-state index contributed by atoms with van der Waals surface area (Å²) in [6.07, 6.45) is 8.37. The molecule has 35 heavy (non-hydrogen) atoms. The lowest BCUT2D eigenvalue weighted by atomic mass is 10.1. The Kier molecular flexibility index (Phi) is 5.31. The van der Waals surface area contributed by atoms with Crippen LogP contribution in [0.4, 0.5) is 5.69 Å². The Labute approximate surface area is 204 Å². The number of H-pyrrole nitrogens is 2. The van der Waals surface area contributed by atoms with Gasteiger partial charge in [-0.2, -0.15) is 5.10 Å². The quantitative estimate of drug-likeness (QED) is 0.270. The largest absolute Gasteiger partial charge is 0.352 e. The van der Waals surface area contributed by atoms with Crippen LogP contribution < -0.4 is 5.32 Å². The zero-order valence-corrected chi connectivity index (χ0v) is 19.7. The lowest BCUT2D eigenvalue weighted by Gasteiger charge is -2.06. The molecule has 0 saturated carbocycles. The predicted octanol–water partition coefficient (Wildman–Crippen LogP) is 6.03. The monoisotopic (exact) mass is 479 g/mol. The highest BCUT2D eigenvalue weighted by Gasteiger charge is 2.16. The molecule has 3 N–H and O–H groups in total. The fraction of sp³-hybridized carbons (Fsp3) is 0.115. The van der Waals surface area contributed by atoms with Crippen molar-refractivity contribution in [1.82, 2.24) is 30.1 Å². The molecule has 0 spiro atoms. The number of rotatable bonds is 6. The summed E-state index contributed by atoms with van der Waals surface area (Å²) in [6.45, 7) is 1.97. The number of nitrogens with one attached hydrogen (secondary N) is 3. The number of amides is 1. The van der Waals surface area contributed by atoms with Gasteiger partial charge < -0.3 is 10.3 Å². The summed E-state index contributed by atoms with van der Waals surface area (Å²) in [5.41, 5.74) is 7.42. The molecule has 0 bridgehead atoms. The topological polar surface area (TPSA) is 112 Å². The normalized spacial score (nSPS) is 11.3. The average molecular weight is 480 g/mol. The van der Waals surface area contributed by atoms with E-state index >= 15 is 0 Å². The van der Waals surface area contributed by atoms with Crippen molar-refractivity contribution in [3.8, 4) is 33.1 Å². The van der Waals surface area contributed by atoms with Gasteiger partial charge in [-0.25, -0.2) is 4.98 Å². The van der Waals surface area contributed by atoms with Crippen molar-refractivity contribution in [3.05, 3.63) is 66.6 Å². The fourth-order valence-electron chi connectivity index (χ4n) is 4.15. The van der Waals surface area contributed by atoms with E-state index in [0.29, 0.717) is 12.1 Å². The van der Waals surface area contributed by atoms with Crippen molar-refractivity contribution < 1.29 is 4.79 Å². The Bertz CT molecular complexity index is 1670. The highest BCUT2D eigenvalue weighted by molar-refractivity contribution is 7.13. The zero-order valence-electron chi connectivity index (χ0n) is 18.9. The van der Waals surface area contributed by atoms with Crippen molar-refractivity contribution in [2.24, 2.45) is 0 Å². The molecule has 6 heterocycles. The first-order valence-electron chi connectivity index (χ1n) is 11.3. The van der Waals surface area contributed by atoms with Crippen molar-refractivity contribution in [2.75, 3.05) is 5.32 Å². The first-order chi connectivity index (χ1) is 17.2. The van der Waals surface area contributed by atoms with Gasteiger partial charge in [-0.15, -0.1) is 11.3 Å². The number of carbonyl (C=O) groups excluding carboxylic acids is 1. The van der Waals surface area contributed by atoms with Gasteiger partial charge in [0, 0.05) is 40.2 Å². The lowest BCUT2D eigenvalue weighted by Crippen LogP contribution is -2.10. The van der Waals surface area contributed by atoms with Gasteiger partial charge in [-0.3, -0.25) is 19.9 Å². The van der Waals surface area contributed by atoms with Crippen LogP contribution in [0.3, 0.4) is 0 Å². The molecule has 6 rings (SSSR count). The van der Waals surface area contributed by atoms with Gasteiger partial charge in [0.05, 0.1) is 40.5 Å². The van der Waals surface area contributed by atoms with E-state index in [-0.39, 0.29) is 5.91 Å². The minimum Gasteiger partial charge on any atom is -0.352 e. The maximum Gasteiger partial charge on any atom is 0.224 e. The van der Waals surface area contributed by atoms with Crippen molar-refractivity contribution >= 4 is 44.9 Å². The maximum absolute atomic E-state index is 12.0. The molecule has 0 fully saturated rings. The predicted molar refractivity (Wildman–Crippen MR) is 139 cm³/mol. The Morgan fingerprint density at radius 3 is 2.83 bits per heavy atom. The molecule has 0 aromatic carbocycles. The van der Waals surface area contributed by atoms with Gasteiger partial charge >= 0.3 is 0 Å². The molecule has 0 aliphatic rings. The van der Waals surface area contributed by atoms with E-state index in [2.05, 4.69) is 48.0 Å². The van der Waals surface area contributed by atoms with E-state index in [4.69, 9.17) is 4.98 Å². The first kappa shape index (κ1) is 21.2. The van der Waals surface area contributed by atoms with Crippen LogP contribution in [-0.4, -0.2) is 36.0 Å². The van der Waals surface area contributed by atoms with Crippen LogP contribution in [0.25, 0.3) is 55.0 Å². The molecule has 0 saturated heterocycles. The number of carbonyl (C=O) groups is 1. The molecule has 0 unspecified atom stereocenters. The number of aromatic nitrogens is 6. The highest BCUT2D eigenvalue weighted by Crippen LogP contribution is 2.35. The van der Waals surface area contributed by atoms with Gasteiger partial charge in [0.2, 0.25) is 5.91 Å². The van der Waals surface area contributed by atoms with E-state index in [1.807, 2.05) is 43.6 Å². The molecular formula is C26H21N7OS. The molecule has 8 nitrogen and oxygen atoms in total. The molecule has 6 aromatic rings. The number of thiophene rings is 1. The van der Waals surface area contributed by atoms with E-state index < -0.39 is 0 Å². The van der Waals surface area contributed by atoms with Gasteiger partial charge in [-0.1, -0.05) is 13.0 Å². The smallest absolute Gasteiger partial charge is 0.224 e. The van der Waals surface area contributed by atoms with Crippen LogP contribution in [-0.2, 0) is 4.79 Å². The lowest BCUT2D eigenvalue weighted by molar-refractivity contribution is -0.116. The third-order valence-electron chi connectivity index (χ3n) is 5.79. The fourth-order valence-corrected chi connectivity index (χ4v) is 4.90. The number of pyridine rings is 3. The van der Waals surface area contributed by atoms with E-state index in [1.165, 1.54) is 4.88 Å². The van der Waals surface area contributed by atoms with E-state index in [9.17, 15) is 4.79 Å². The molecule has 0 radical (unpaired) electrons. The third kappa shape index (κ3) is 3.95. The molecule has 0 aliphatic heterocycles. The van der Waals surface area contributed by atoms with E-state index in [0.717, 1.165) is 56.6 Å². The molecule has 172 valence electrons. The summed E-state index contributed by atoms with van der Waals surface area (Å²) in [5, 5.41) is 13.7. The van der Waals surface area contributed by atoms with Crippen LogP contribution in [0.5, 0.6) is 0 Å². The SMILES string of the molecule is CCCC(=O)Nc1cncc(-c2ccc3[nH]nc(-c4cc5c(-c6cccs6)cncc5[nH]4)c3n2)c1.